The second kappa shape index (κ2) is 8.45. The smallest absolute Gasteiger partial charge is 0.223 e. The maximum atomic E-state index is 12.3. The zero-order valence-corrected chi connectivity index (χ0v) is 15.8. The molecule has 1 fully saturated rings. The van der Waals surface area contributed by atoms with Gasteiger partial charge in [-0.05, 0) is 57.9 Å². The highest BCUT2D eigenvalue weighted by atomic mass is 35.5. The van der Waals surface area contributed by atoms with Crippen LogP contribution in [0, 0.1) is 19.8 Å². The molecule has 3 heterocycles. The van der Waals surface area contributed by atoms with Crippen molar-refractivity contribution in [2.45, 2.75) is 46.2 Å². The van der Waals surface area contributed by atoms with Crippen LogP contribution in [-0.4, -0.2) is 33.3 Å². The fourth-order valence-electron chi connectivity index (χ4n) is 3.21. The summed E-state index contributed by atoms with van der Waals surface area (Å²) in [6.07, 6.45) is 3.61. The summed E-state index contributed by atoms with van der Waals surface area (Å²) >= 11 is 0. The lowest BCUT2D eigenvalue weighted by atomic mass is 9.92. The monoisotopic (exact) mass is 363 g/mol. The summed E-state index contributed by atoms with van der Waals surface area (Å²) in [6.45, 7) is 7.53. The van der Waals surface area contributed by atoms with E-state index in [0.717, 1.165) is 42.2 Å². The van der Waals surface area contributed by atoms with E-state index in [9.17, 15) is 4.79 Å². The lowest BCUT2D eigenvalue weighted by Crippen LogP contribution is -2.42. The molecule has 0 bridgehead atoms. The van der Waals surface area contributed by atoms with Crippen LogP contribution in [0.15, 0.2) is 24.4 Å². The highest BCUT2D eigenvalue weighted by Crippen LogP contribution is 2.16. The molecule has 1 aliphatic heterocycles. The van der Waals surface area contributed by atoms with Gasteiger partial charge in [0, 0.05) is 30.4 Å². The topological polar surface area (TPSA) is 71.8 Å². The molecular weight excluding hydrogens is 338 g/mol. The summed E-state index contributed by atoms with van der Waals surface area (Å²) in [5, 5.41) is 10.8. The number of nitrogens with zero attached hydrogens (tertiary/aromatic N) is 3. The molecule has 2 aromatic heterocycles. The van der Waals surface area contributed by atoms with Crippen LogP contribution in [0.5, 0.6) is 0 Å². The minimum absolute atomic E-state index is 0. The minimum atomic E-state index is 0. The van der Waals surface area contributed by atoms with Crippen molar-refractivity contribution in [2.24, 2.45) is 5.92 Å². The first-order chi connectivity index (χ1) is 11.5. The number of piperidine rings is 1. The van der Waals surface area contributed by atoms with Crippen molar-refractivity contribution in [3.8, 4) is 5.82 Å². The third kappa shape index (κ3) is 4.80. The van der Waals surface area contributed by atoms with Crippen LogP contribution in [0.3, 0.4) is 0 Å². The molecule has 0 radical (unpaired) electrons. The van der Waals surface area contributed by atoms with Gasteiger partial charge in [0.25, 0.3) is 0 Å². The van der Waals surface area contributed by atoms with Gasteiger partial charge in [0.1, 0.15) is 0 Å². The largest absolute Gasteiger partial charge is 0.352 e. The van der Waals surface area contributed by atoms with Gasteiger partial charge in [-0.15, -0.1) is 12.4 Å². The van der Waals surface area contributed by atoms with E-state index in [0.29, 0.717) is 12.6 Å². The molecule has 0 spiro atoms. The van der Waals surface area contributed by atoms with E-state index in [2.05, 4.69) is 27.6 Å². The van der Waals surface area contributed by atoms with Gasteiger partial charge in [0.05, 0.1) is 5.69 Å². The quantitative estimate of drug-likeness (QED) is 0.874. The maximum Gasteiger partial charge on any atom is 0.223 e. The number of hydrogen-bond acceptors (Lipinski definition) is 4. The fraction of sp³-hybridized carbons (Fsp3) is 0.500. The van der Waals surface area contributed by atoms with E-state index in [-0.39, 0.29) is 24.2 Å². The van der Waals surface area contributed by atoms with Crippen molar-refractivity contribution in [2.75, 3.05) is 6.54 Å². The number of carbonyl (C=O) groups excluding carboxylic acids is 1. The molecular formula is C18H26ClN5O. The molecule has 7 heteroatoms. The van der Waals surface area contributed by atoms with E-state index in [1.165, 1.54) is 0 Å². The second-order valence-corrected chi connectivity index (χ2v) is 6.66. The van der Waals surface area contributed by atoms with E-state index >= 15 is 0 Å². The Bertz CT molecular complexity index is 713. The molecule has 6 nitrogen and oxygen atoms in total. The SMILES string of the molecule is Cc1cc(C)n(-c2ccc(CNC(=O)[C@H]3CCN[C@@H](C)C3)cn2)n1.Cl. The summed E-state index contributed by atoms with van der Waals surface area (Å²) in [4.78, 5) is 16.7. The molecule has 2 aromatic rings. The van der Waals surface area contributed by atoms with Crippen molar-refractivity contribution in [3.63, 3.8) is 0 Å². The van der Waals surface area contributed by atoms with Crippen molar-refractivity contribution < 1.29 is 4.79 Å². The minimum Gasteiger partial charge on any atom is -0.352 e. The summed E-state index contributed by atoms with van der Waals surface area (Å²) in [6, 6.07) is 6.37. The second-order valence-electron chi connectivity index (χ2n) is 6.66. The molecule has 2 atom stereocenters. The number of aryl methyl sites for hydroxylation is 2. The van der Waals surface area contributed by atoms with Crippen molar-refractivity contribution in [1.82, 2.24) is 25.4 Å². The van der Waals surface area contributed by atoms with Crippen molar-refractivity contribution >= 4 is 18.3 Å². The Balaban J connectivity index is 0.00000225. The average Bonchev–Trinajstić information content (AvgIpc) is 2.91. The highest BCUT2D eigenvalue weighted by molar-refractivity contribution is 5.85. The van der Waals surface area contributed by atoms with Gasteiger partial charge in [-0.1, -0.05) is 6.07 Å². The van der Waals surface area contributed by atoms with Crippen LogP contribution in [0.2, 0.25) is 0 Å². The average molecular weight is 364 g/mol. The number of nitrogens with one attached hydrogen (secondary N) is 2. The summed E-state index contributed by atoms with van der Waals surface area (Å²) < 4.78 is 1.83. The van der Waals surface area contributed by atoms with Crippen molar-refractivity contribution in [1.29, 1.82) is 0 Å². The molecule has 136 valence electrons. The van der Waals surface area contributed by atoms with E-state index < -0.39 is 0 Å². The van der Waals surface area contributed by atoms with E-state index in [1.807, 2.05) is 36.7 Å². The maximum absolute atomic E-state index is 12.3. The first kappa shape index (κ1) is 19.4. The lowest BCUT2D eigenvalue weighted by molar-refractivity contribution is -0.126. The summed E-state index contributed by atoms with van der Waals surface area (Å²) in [5.74, 6) is 1.05. The molecule has 2 N–H and O–H groups in total. The Morgan fingerprint density at radius 1 is 1.40 bits per heavy atom. The molecule has 1 aliphatic rings. The molecule has 1 amide bonds. The number of rotatable bonds is 4. The number of halogens is 1. The normalized spacial score (nSPS) is 20.0. The standard InChI is InChI=1S/C18H25N5O.ClH/c1-12-9-16(6-7-19-12)18(24)21-11-15-4-5-17(20-10-15)23-14(3)8-13(2)22-23;/h4-5,8,10,12,16,19H,6-7,9,11H2,1-3H3,(H,21,24);1H/t12-,16-;/m0./s1. The van der Waals surface area contributed by atoms with Gasteiger partial charge >= 0.3 is 0 Å². The third-order valence-electron chi connectivity index (χ3n) is 4.50. The first-order valence-corrected chi connectivity index (χ1v) is 8.52. The Morgan fingerprint density at radius 2 is 2.20 bits per heavy atom. The number of aromatic nitrogens is 3. The predicted octanol–water partition coefficient (Wildman–Crippen LogP) is 2.31. The van der Waals surface area contributed by atoms with Gasteiger partial charge in [-0.25, -0.2) is 9.67 Å². The summed E-state index contributed by atoms with van der Waals surface area (Å²) in [5.41, 5.74) is 3.03. The number of hydrogen-bond donors (Lipinski definition) is 2. The van der Waals surface area contributed by atoms with Crippen LogP contribution in [0.4, 0.5) is 0 Å². The highest BCUT2D eigenvalue weighted by Gasteiger charge is 2.24. The number of amides is 1. The van der Waals surface area contributed by atoms with Crippen LogP contribution in [0.25, 0.3) is 5.82 Å². The molecule has 0 aliphatic carbocycles. The predicted molar refractivity (Wildman–Crippen MR) is 100 cm³/mol. The van der Waals surface area contributed by atoms with Gasteiger partial charge in [0.15, 0.2) is 5.82 Å². The zero-order valence-electron chi connectivity index (χ0n) is 15.0. The number of pyridine rings is 1. The Hall–Kier alpha value is -1.92. The van der Waals surface area contributed by atoms with Gasteiger partial charge < -0.3 is 10.6 Å². The Labute approximate surface area is 154 Å². The van der Waals surface area contributed by atoms with Crippen LogP contribution < -0.4 is 10.6 Å². The molecule has 0 saturated carbocycles. The van der Waals surface area contributed by atoms with Crippen LogP contribution in [-0.2, 0) is 11.3 Å². The zero-order chi connectivity index (χ0) is 17.1. The van der Waals surface area contributed by atoms with Crippen molar-refractivity contribution in [3.05, 3.63) is 41.3 Å². The van der Waals surface area contributed by atoms with Gasteiger partial charge in [-0.3, -0.25) is 4.79 Å². The van der Waals surface area contributed by atoms with Gasteiger partial charge in [0.2, 0.25) is 5.91 Å². The molecule has 0 aromatic carbocycles. The van der Waals surface area contributed by atoms with Crippen LogP contribution in [0.1, 0.15) is 36.7 Å². The van der Waals surface area contributed by atoms with Crippen LogP contribution >= 0.6 is 12.4 Å². The van der Waals surface area contributed by atoms with E-state index in [4.69, 9.17) is 0 Å². The lowest BCUT2D eigenvalue weighted by Gasteiger charge is -2.27. The molecule has 0 unspecified atom stereocenters. The molecule has 3 rings (SSSR count). The Kier molecular flexibility index (Phi) is 6.56. The summed E-state index contributed by atoms with van der Waals surface area (Å²) in [7, 11) is 0. The van der Waals surface area contributed by atoms with E-state index in [1.54, 1.807) is 6.20 Å². The third-order valence-corrected chi connectivity index (χ3v) is 4.50. The molecule has 1 saturated heterocycles. The van der Waals surface area contributed by atoms with Gasteiger partial charge in [-0.2, -0.15) is 5.10 Å². The number of carbonyl (C=O) groups is 1. The fourth-order valence-corrected chi connectivity index (χ4v) is 3.21. The molecule has 25 heavy (non-hydrogen) atoms. The first-order valence-electron chi connectivity index (χ1n) is 8.52. The Morgan fingerprint density at radius 3 is 2.80 bits per heavy atom.